The van der Waals surface area contributed by atoms with E-state index in [1.54, 1.807) is 49.5 Å². The van der Waals surface area contributed by atoms with Crippen LogP contribution in [0.25, 0.3) is 10.9 Å². The summed E-state index contributed by atoms with van der Waals surface area (Å²) in [5, 5.41) is 1.06. The third-order valence-electron chi connectivity index (χ3n) is 3.63. The maximum Gasteiger partial charge on any atom is 0.260 e. The number of ether oxygens (including phenoxy) is 1. The Morgan fingerprint density at radius 2 is 2.04 bits per heavy atom. The number of nitrogens with zero attached hydrogens (tertiary/aromatic N) is 2. The predicted octanol–water partition coefficient (Wildman–Crippen LogP) is 2.61. The van der Waals surface area contributed by atoms with E-state index in [0.29, 0.717) is 27.5 Å². The van der Waals surface area contributed by atoms with E-state index in [9.17, 15) is 9.59 Å². The summed E-state index contributed by atoms with van der Waals surface area (Å²) in [6.45, 7) is 0.0481. The Morgan fingerprint density at radius 1 is 1.24 bits per heavy atom. The summed E-state index contributed by atoms with van der Waals surface area (Å²) >= 11 is 5.88. The standard InChI is InChI=1S/C18H16ClN3O3/c1-22(17(23)11-25-13-6-4-5-12(19)9-13)10-16-20-15-8-3-2-7-14(15)18(24)21-16/h2-9H,10-11H2,1H3,(H,20,21,24). The fourth-order valence-corrected chi connectivity index (χ4v) is 2.51. The Morgan fingerprint density at radius 3 is 2.84 bits per heavy atom. The Kier molecular flexibility index (Phi) is 5.00. The molecule has 0 aliphatic rings. The number of rotatable bonds is 5. The van der Waals surface area contributed by atoms with Gasteiger partial charge in [0.25, 0.3) is 11.5 Å². The molecule has 1 aromatic heterocycles. The molecule has 1 amide bonds. The molecule has 0 saturated heterocycles. The number of aromatic amines is 1. The number of carbonyl (C=O) groups is 1. The lowest BCUT2D eigenvalue weighted by molar-refractivity contribution is -0.132. The van der Waals surface area contributed by atoms with E-state index in [2.05, 4.69) is 9.97 Å². The van der Waals surface area contributed by atoms with Crippen LogP contribution in [0.5, 0.6) is 5.75 Å². The third-order valence-corrected chi connectivity index (χ3v) is 3.87. The molecule has 128 valence electrons. The number of halogens is 1. The molecule has 0 aliphatic carbocycles. The Labute approximate surface area is 149 Å². The van der Waals surface area contributed by atoms with E-state index in [-0.39, 0.29) is 24.6 Å². The van der Waals surface area contributed by atoms with E-state index >= 15 is 0 Å². The first-order valence-electron chi connectivity index (χ1n) is 7.63. The molecule has 0 fully saturated rings. The van der Waals surface area contributed by atoms with Crippen LogP contribution in [0.4, 0.5) is 0 Å². The zero-order chi connectivity index (χ0) is 17.8. The van der Waals surface area contributed by atoms with Crippen LogP contribution in [0.15, 0.2) is 53.3 Å². The molecule has 25 heavy (non-hydrogen) atoms. The van der Waals surface area contributed by atoms with Gasteiger partial charge in [-0.15, -0.1) is 0 Å². The van der Waals surface area contributed by atoms with Crippen LogP contribution in [-0.2, 0) is 11.3 Å². The van der Waals surface area contributed by atoms with Crippen LogP contribution in [0.1, 0.15) is 5.82 Å². The average Bonchev–Trinajstić information content (AvgIpc) is 2.60. The molecule has 1 N–H and O–H groups in total. The number of aromatic nitrogens is 2. The van der Waals surface area contributed by atoms with Crippen LogP contribution in [0, 0.1) is 0 Å². The fraction of sp³-hybridized carbons (Fsp3) is 0.167. The van der Waals surface area contributed by atoms with Gasteiger partial charge in [-0.2, -0.15) is 0 Å². The molecular formula is C18H16ClN3O3. The number of fused-ring (bicyclic) bond motifs is 1. The molecule has 6 nitrogen and oxygen atoms in total. The molecular weight excluding hydrogens is 342 g/mol. The van der Waals surface area contributed by atoms with E-state index in [4.69, 9.17) is 16.3 Å². The largest absolute Gasteiger partial charge is 0.484 e. The van der Waals surface area contributed by atoms with Gasteiger partial charge < -0.3 is 14.6 Å². The minimum atomic E-state index is -0.240. The second kappa shape index (κ2) is 7.36. The highest BCUT2D eigenvalue weighted by molar-refractivity contribution is 6.30. The lowest BCUT2D eigenvalue weighted by Gasteiger charge is -2.17. The van der Waals surface area contributed by atoms with Crippen LogP contribution in [0.3, 0.4) is 0 Å². The number of hydrogen-bond donors (Lipinski definition) is 1. The van der Waals surface area contributed by atoms with Crippen molar-refractivity contribution >= 4 is 28.4 Å². The van der Waals surface area contributed by atoms with Crippen LogP contribution < -0.4 is 10.3 Å². The average molecular weight is 358 g/mol. The Balaban J connectivity index is 1.66. The number of para-hydroxylation sites is 1. The zero-order valence-corrected chi connectivity index (χ0v) is 14.3. The normalized spacial score (nSPS) is 10.6. The molecule has 2 aromatic carbocycles. The highest BCUT2D eigenvalue weighted by Crippen LogP contribution is 2.17. The lowest BCUT2D eigenvalue weighted by Crippen LogP contribution is -2.32. The first-order valence-corrected chi connectivity index (χ1v) is 8.01. The summed E-state index contributed by atoms with van der Waals surface area (Å²) in [7, 11) is 1.62. The van der Waals surface area contributed by atoms with Crippen molar-refractivity contribution in [2.24, 2.45) is 0 Å². The van der Waals surface area contributed by atoms with E-state index < -0.39 is 0 Å². The van der Waals surface area contributed by atoms with Crippen molar-refractivity contribution in [1.82, 2.24) is 14.9 Å². The second-order valence-electron chi connectivity index (χ2n) is 5.53. The van der Waals surface area contributed by atoms with Crippen molar-refractivity contribution in [2.45, 2.75) is 6.54 Å². The maximum absolute atomic E-state index is 12.2. The smallest absolute Gasteiger partial charge is 0.260 e. The molecule has 1 heterocycles. The monoisotopic (exact) mass is 357 g/mol. The third kappa shape index (κ3) is 4.16. The van der Waals surface area contributed by atoms with Crippen LogP contribution >= 0.6 is 11.6 Å². The van der Waals surface area contributed by atoms with Gasteiger partial charge in [0, 0.05) is 12.1 Å². The zero-order valence-electron chi connectivity index (χ0n) is 13.5. The van der Waals surface area contributed by atoms with E-state index in [1.807, 2.05) is 6.07 Å². The van der Waals surface area contributed by atoms with Crippen LogP contribution in [0.2, 0.25) is 5.02 Å². The molecule has 0 unspecified atom stereocenters. The first-order chi connectivity index (χ1) is 12.0. The van der Waals surface area contributed by atoms with Crippen molar-refractivity contribution in [3.05, 3.63) is 69.7 Å². The SMILES string of the molecule is CN(Cc1nc2ccccc2c(=O)[nH]1)C(=O)COc1cccc(Cl)c1. The molecule has 3 aromatic rings. The summed E-state index contributed by atoms with van der Waals surface area (Å²) < 4.78 is 5.43. The molecule has 0 radical (unpaired) electrons. The fourth-order valence-electron chi connectivity index (χ4n) is 2.33. The molecule has 0 saturated carbocycles. The molecule has 0 bridgehead atoms. The van der Waals surface area contributed by atoms with Gasteiger partial charge in [-0.1, -0.05) is 29.8 Å². The molecule has 0 aliphatic heterocycles. The number of benzene rings is 2. The van der Waals surface area contributed by atoms with Gasteiger partial charge in [0.05, 0.1) is 17.4 Å². The number of carbonyl (C=O) groups excluding carboxylic acids is 1. The number of likely N-dealkylation sites (N-methyl/N-ethyl adjacent to an activating group) is 1. The summed E-state index contributed by atoms with van der Waals surface area (Å²) in [5.41, 5.74) is 0.369. The van der Waals surface area contributed by atoms with E-state index in [1.165, 1.54) is 4.90 Å². The van der Waals surface area contributed by atoms with Crippen molar-refractivity contribution in [1.29, 1.82) is 0 Å². The summed E-state index contributed by atoms with van der Waals surface area (Å²) in [6, 6.07) is 13.9. The summed E-state index contributed by atoms with van der Waals surface area (Å²) in [4.78, 5) is 32.8. The highest BCUT2D eigenvalue weighted by atomic mass is 35.5. The van der Waals surface area contributed by atoms with Crippen molar-refractivity contribution in [3.63, 3.8) is 0 Å². The quantitative estimate of drug-likeness (QED) is 0.761. The highest BCUT2D eigenvalue weighted by Gasteiger charge is 2.12. The number of hydrogen-bond acceptors (Lipinski definition) is 4. The topological polar surface area (TPSA) is 75.3 Å². The Hall–Kier alpha value is -2.86. The lowest BCUT2D eigenvalue weighted by atomic mass is 10.2. The minimum Gasteiger partial charge on any atom is -0.484 e. The second-order valence-corrected chi connectivity index (χ2v) is 5.96. The first kappa shape index (κ1) is 17.0. The Bertz CT molecular complexity index is 971. The number of nitrogens with one attached hydrogen (secondary N) is 1. The van der Waals surface area contributed by atoms with Crippen molar-refractivity contribution < 1.29 is 9.53 Å². The van der Waals surface area contributed by atoms with Gasteiger partial charge in [0.1, 0.15) is 11.6 Å². The van der Waals surface area contributed by atoms with Gasteiger partial charge in [-0.25, -0.2) is 4.98 Å². The predicted molar refractivity (Wildman–Crippen MR) is 95.8 cm³/mol. The van der Waals surface area contributed by atoms with E-state index in [0.717, 1.165) is 0 Å². The molecule has 0 atom stereocenters. The van der Waals surface area contributed by atoms with Gasteiger partial charge in [0.15, 0.2) is 6.61 Å². The van der Waals surface area contributed by atoms with Crippen molar-refractivity contribution in [3.8, 4) is 5.75 Å². The van der Waals surface area contributed by atoms with Gasteiger partial charge in [-0.3, -0.25) is 9.59 Å². The molecule has 7 heteroatoms. The molecule has 3 rings (SSSR count). The van der Waals surface area contributed by atoms with Crippen molar-refractivity contribution in [2.75, 3.05) is 13.7 Å². The summed E-state index contributed by atoms with van der Waals surface area (Å²) in [5.74, 6) is 0.699. The van der Waals surface area contributed by atoms with Gasteiger partial charge >= 0.3 is 0 Å². The van der Waals surface area contributed by atoms with Gasteiger partial charge in [0.2, 0.25) is 0 Å². The summed E-state index contributed by atoms with van der Waals surface area (Å²) in [6.07, 6.45) is 0. The van der Waals surface area contributed by atoms with Crippen LogP contribution in [-0.4, -0.2) is 34.4 Å². The number of amides is 1. The maximum atomic E-state index is 12.2. The molecule has 0 spiro atoms. The van der Waals surface area contributed by atoms with Gasteiger partial charge in [-0.05, 0) is 30.3 Å². The minimum absolute atomic E-state index is 0.130. The number of H-pyrrole nitrogens is 1.